The zero-order valence-corrected chi connectivity index (χ0v) is 19.3. The molecule has 0 bridgehead atoms. The number of carbonyl (C=O) groups excluding carboxylic acids is 4. The molecule has 0 aliphatic heterocycles. The lowest BCUT2D eigenvalue weighted by Crippen LogP contribution is -2.37. The highest BCUT2D eigenvalue weighted by molar-refractivity contribution is 5.75. The van der Waals surface area contributed by atoms with Gasteiger partial charge in [0.1, 0.15) is 0 Å². The van der Waals surface area contributed by atoms with E-state index in [4.69, 9.17) is 0 Å². The van der Waals surface area contributed by atoms with Gasteiger partial charge in [-0.2, -0.15) is 0 Å². The zero-order valence-electron chi connectivity index (χ0n) is 19.3. The smallest absolute Gasteiger partial charge is 0.315 e. The van der Waals surface area contributed by atoms with Crippen molar-refractivity contribution in [1.82, 2.24) is 42.5 Å². The summed E-state index contributed by atoms with van der Waals surface area (Å²) in [6.45, 7) is 9.73. The molecule has 0 saturated carbocycles. The molecule has 12 nitrogen and oxygen atoms in total. The fourth-order valence-electron chi connectivity index (χ4n) is 1.99. The van der Waals surface area contributed by atoms with Crippen LogP contribution >= 0.6 is 0 Å². The number of urea groups is 4. The molecule has 0 rings (SSSR count). The third-order valence-corrected chi connectivity index (χ3v) is 3.60. The molecular weight excluding hydrogens is 440 g/mol. The lowest BCUT2D eigenvalue weighted by molar-refractivity contribution is 0.241. The number of hydrogen-bond donors (Lipinski definition) is 8. The molecule has 0 aromatic rings. The Morgan fingerprint density at radius 1 is 0.382 bits per heavy atom. The monoisotopic (exact) mass is 476 g/mol. The Hall–Kier alpha value is -4.22. The average molecular weight is 477 g/mol. The molecule has 0 saturated heterocycles. The quantitative estimate of drug-likeness (QED) is 0.150. The van der Waals surface area contributed by atoms with E-state index in [1.54, 1.807) is 48.6 Å². The predicted octanol–water partition coefficient (Wildman–Crippen LogP) is 0.224. The SMILES string of the molecule is C=CCNC(=O)NC/C=C/CNC(=O)NC/C=C/CNC(=O)NC/C=C/CNC(=O)NCC=C. The summed E-state index contributed by atoms with van der Waals surface area (Å²) >= 11 is 0. The van der Waals surface area contributed by atoms with Gasteiger partial charge >= 0.3 is 24.1 Å². The summed E-state index contributed by atoms with van der Waals surface area (Å²) < 4.78 is 0. The van der Waals surface area contributed by atoms with Crippen LogP contribution in [-0.2, 0) is 0 Å². The number of rotatable bonds is 16. The maximum absolute atomic E-state index is 11.6. The molecule has 0 heterocycles. The Labute approximate surface area is 200 Å². The second-order valence-corrected chi connectivity index (χ2v) is 6.36. The Balaban J connectivity index is 3.65. The van der Waals surface area contributed by atoms with Crippen molar-refractivity contribution in [3.8, 4) is 0 Å². The molecular formula is C22H36N8O4. The van der Waals surface area contributed by atoms with Crippen LogP contribution in [-0.4, -0.2) is 76.5 Å². The third-order valence-electron chi connectivity index (χ3n) is 3.60. The van der Waals surface area contributed by atoms with E-state index in [-0.39, 0.29) is 24.1 Å². The summed E-state index contributed by atoms with van der Waals surface area (Å²) in [6, 6.07) is -1.26. The summed E-state index contributed by atoms with van der Waals surface area (Å²) in [5, 5.41) is 20.9. The molecule has 8 N–H and O–H groups in total. The summed E-state index contributed by atoms with van der Waals surface area (Å²) in [7, 11) is 0. The summed E-state index contributed by atoms with van der Waals surface area (Å²) in [6.07, 6.45) is 13.5. The van der Waals surface area contributed by atoms with Crippen molar-refractivity contribution in [1.29, 1.82) is 0 Å². The summed E-state index contributed by atoms with van der Waals surface area (Å²) in [5.74, 6) is 0. The van der Waals surface area contributed by atoms with Crippen LogP contribution in [0.4, 0.5) is 19.2 Å². The second kappa shape index (κ2) is 22.0. The minimum absolute atomic E-state index is 0.291. The molecule has 0 aromatic heterocycles. The van der Waals surface area contributed by atoms with E-state index in [0.29, 0.717) is 52.4 Å². The van der Waals surface area contributed by atoms with Gasteiger partial charge in [0.25, 0.3) is 0 Å². The van der Waals surface area contributed by atoms with Crippen molar-refractivity contribution in [2.24, 2.45) is 0 Å². The van der Waals surface area contributed by atoms with Crippen molar-refractivity contribution in [2.45, 2.75) is 0 Å². The third kappa shape index (κ3) is 21.0. The van der Waals surface area contributed by atoms with Gasteiger partial charge in [-0.05, 0) is 0 Å². The van der Waals surface area contributed by atoms with Crippen molar-refractivity contribution >= 4 is 24.1 Å². The minimum atomic E-state index is -0.337. The highest BCUT2D eigenvalue weighted by Crippen LogP contribution is 1.76. The van der Waals surface area contributed by atoms with Gasteiger partial charge < -0.3 is 42.5 Å². The molecule has 8 amide bonds. The molecule has 12 heteroatoms. The zero-order chi connectivity index (χ0) is 25.3. The first-order valence-corrected chi connectivity index (χ1v) is 10.7. The largest absolute Gasteiger partial charge is 0.335 e. The molecule has 0 aromatic carbocycles. The van der Waals surface area contributed by atoms with Crippen molar-refractivity contribution < 1.29 is 19.2 Å². The lowest BCUT2D eigenvalue weighted by Gasteiger charge is -2.05. The first-order chi connectivity index (χ1) is 16.5. The van der Waals surface area contributed by atoms with E-state index in [1.807, 2.05) is 0 Å². The average Bonchev–Trinajstić information content (AvgIpc) is 2.82. The molecule has 0 radical (unpaired) electrons. The maximum Gasteiger partial charge on any atom is 0.315 e. The molecule has 0 aliphatic carbocycles. The standard InChI is InChI=1S/C22H36N8O4/c1-3-11-23-19(31)25-13-5-7-15-27-21(33)29-17-9-10-18-30-22(34)28-16-8-6-14-26-20(32)24-12-4-2/h3-10H,1-2,11-18H2,(H2,23,25,31)(H2,24,26,32)(H2,27,29,33)(H2,28,30,34)/b7-5+,8-6+,10-9+. The van der Waals surface area contributed by atoms with Crippen LogP contribution < -0.4 is 42.5 Å². The van der Waals surface area contributed by atoms with E-state index in [0.717, 1.165) is 0 Å². The van der Waals surface area contributed by atoms with E-state index in [9.17, 15) is 19.2 Å². The van der Waals surface area contributed by atoms with Crippen molar-refractivity contribution in [3.63, 3.8) is 0 Å². The fourth-order valence-corrected chi connectivity index (χ4v) is 1.99. The fraction of sp³-hybridized carbons (Fsp3) is 0.364. The van der Waals surface area contributed by atoms with Gasteiger partial charge in [0.15, 0.2) is 0 Å². The van der Waals surface area contributed by atoms with Gasteiger partial charge in [-0.3, -0.25) is 0 Å². The maximum atomic E-state index is 11.6. The first kappa shape index (κ1) is 29.8. The predicted molar refractivity (Wildman–Crippen MR) is 133 cm³/mol. The number of amides is 8. The van der Waals surface area contributed by atoms with Gasteiger partial charge in [-0.1, -0.05) is 48.6 Å². The number of nitrogens with one attached hydrogen (secondary N) is 8. The Morgan fingerprint density at radius 3 is 0.735 bits per heavy atom. The van der Waals surface area contributed by atoms with Crippen molar-refractivity contribution in [3.05, 3.63) is 61.8 Å². The van der Waals surface area contributed by atoms with Crippen LogP contribution in [0.15, 0.2) is 61.8 Å². The molecule has 188 valence electrons. The van der Waals surface area contributed by atoms with E-state index >= 15 is 0 Å². The molecule has 34 heavy (non-hydrogen) atoms. The normalized spacial score (nSPS) is 10.5. The molecule has 0 unspecified atom stereocenters. The summed E-state index contributed by atoms with van der Waals surface area (Å²) in [5.41, 5.74) is 0. The Morgan fingerprint density at radius 2 is 0.559 bits per heavy atom. The number of carbonyl (C=O) groups is 4. The van der Waals surface area contributed by atoms with E-state index in [1.165, 1.54) is 0 Å². The molecule has 0 atom stereocenters. The van der Waals surface area contributed by atoms with Gasteiger partial charge in [0.2, 0.25) is 0 Å². The second-order valence-electron chi connectivity index (χ2n) is 6.36. The Kier molecular flexibility index (Phi) is 19.3. The molecule has 0 spiro atoms. The van der Waals surface area contributed by atoms with Gasteiger partial charge in [-0.15, -0.1) is 13.2 Å². The topological polar surface area (TPSA) is 165 Å². The molecule has 0 fully saturated rings. The lowest BCUT2D eigenvalue weighted by atomic mass is 10.4. The highest BCUT2D eigenvalue weighted by atomic mass is 16.2. The van der Waals surface area contributed by atoms with Gasteiger partial charge in [0.05, 0.1) is 0 Å². The number of hydrogen-bond acceptors (Lipinski definition) is 4. The minimum Gasteiger partial charge on any atom is -0.335 e. The Bertz CT molecular complexity index is 674. The van der Waals surface area contributed by atoms with Gasteiger partial charge in [-0.25, -0.2) is 19.2 Å². The van der Waals surface area contributed by atoms with Crippen LogP contribution in [0, 0.1) is 0 Å². The van der Waals surface area contributed by atoms with E-state index < -0.39 is 0 Å². The summed E-state index contributed by atoms with van der Waals surface area (Å²) in [4.78, 5) is 45.8. The van der Waals surface area contributed by atoms with Crippen molar-refractivity contribution in [2.75, 3.05) is 52.4 Å². The highest BCUT2D eigenvalue weighted by Gasteiger charge is 1.97. The van der Waals surface area contributed by atoms with Crippen LogP contribution in [0.1, 0.15) is 0 Å². The van der Waals surface area contributed by atoms with Crippen LogP contribution in [0.5, 0.6) is 0 Å². The molecule has 0 aliphatic rings. The van der Waals surface area contributed by atoms with Crippen LogP contribution in [0.2, 0.25) is 0 Å². The van der Waals surface area contributed by atoms with Crippen LogP contribution in [0.25, 0.3) is 0 Å². The van der Waals surface area contributed by atoms with Gasteiger partial charge in [0, 0.05) is 52.4 Å². The van der Waals surface area contributed by atoms with Crippen LogP contribution in [0.3, 0.4) is 0 Å². The first-order valence-electron chi connectivity index (χ1n) is 10.7. The van der Waals surface area contributed by atoms with E-state index in [2.05, 4.69) is 55.7 Å².